The molecule has 1 aromatic rings. The van der Waals surface area contributed by atoms with Gasteiger partial charge in [-0.25, -0.2) is 0 Å². The van der Waals surface area contributed by atoms with Crippen molar-refractivity contribution >= 4 is 17.3 Å². The summed E-state index contributed by atoms with van der Waals surface area (Å²) in [6.07, 6.45) is 7.46. The van der Waals surface area contributed by atoms with Gasteiger partial charge in [-0.1, -0.05) is 24.2 Å². The van der Waals surface area contributed by atoms with Crippen LogP contribution < -0.4 is 4.87 Å². The minimum absolute atomic E-state index is 0.0901. The van der Waals surface area contributed by atoms with Crippen molar-refractivity contribution in [3.63, 3.8) is 0 Å². The smallest absolute Gasteiger partial charge is 0.307 e. The zero-order chi connectivity index (χ0) is 13.0. The van der Waals surface area contributed by atoms with Crippen molar-refractivity contribution in [3.8, 4) is 0 Å². The molecule has 0 saturated heterocycles. The normalized spacial score (nSPS) is 15.8. The van der Waals surface area contributed by atoms with Crippen LogP contribution in [0.4, 0.5) is 0 Å². The summed E-state index contributed by atoms with van der Waals surface area (Å²) in [5.41, 5.74) is 1.18. The van der Waals surface area contributed by atoms with Crippen molar-refractivity contribution in [1.29, 1.82) is 0 Å². The number of aryl methyl sites for hydroxylation is 1. The largest absolute Gasteiger partial charge is 0.481 e. The van der Waals surface area contributed by atoms with Crippen molar-refractivity contribution in [2.45, 2.75) is 57.9 Å². The molecule has 4 nitrogen and oxygen atoms in total. The molecule has 1 aliphatic carbocycles. The summed E-state index contributed by atoms with van der Waals surface area (Å²) >= 11 is 1.36. The fourth-order valence-corrected chi connectivity index (χ4v) is 3.59. The summed E-state index contributed by atoms with van der Waals surface area (Å²) in [6.45, 7) is 0.553. The summed E-state index contributed by atoms with van der Waals surface area (Å²) in [7, 11) is 0. The highest BCUT2D eigenvalue weighted by Gasteiger charge is 2.16. The van der Waals surface area contributed by atoms with E-state index in [0.717, 1.165) is 19.3 Å². The predicted molar refractivity (Wildman–Crippen MR) is 71.3 cm³/mol. The molecule has 0 amide bonds. The summed E-state index contributed by atoms with van der Waals surface area (Å²) in [5, 5.41) is 8.65. The lowest BCUT2D eigenvalue weighted by Gasteiger charge is -2.12. The fraction of sp³-hybridized carbons (Fsp3) is 0.692. The molecule has 0 aliphatic heterocycles. The number of carboxylic acids is 1. The standard InChI is InChI=1S/C13H19NO3S/c15-12(16)8-5-9-14-10-6-3-1-2-4-7-11(10)18-13(14)17/h1-9H2,(H,15,16). The lowest BCUT2D eigenvalue weighted by Crippen LogP contribution is -2.17. The number of hydrogen-bond acceptors (Lipinski definition) is 3. The Balaban J connectivity index is 2.13. The maximum absolute atomic E-state index is 11.9. The van der Waals surface area contributed by atoms with Gasteiger partial charge in [0, 0.05) is 23.5 Å². The fourth-order valence-electron chi connectivity index (χ4n) is 2.50. The van der Waals surface area contributed by atoms with Crippen molar-refractivity contribution in [3.05, 3.63) is 20.2 Å². The molecule has 5 heteroatoms. The molecule has 1 aliphatic rings. The van der Waals surface area contributed by atoms with Crippen molar-refractivity contribution in [2.75, 3.05) is 0 Å². The number of carboxylic acid groups (broad SMARTS) is 1. The highest BCUT2D eigenvalue weighted by Crippen LogP contribution is 2.22. The number of hydrogen-bond donors (Lipinski definition) is 1. The van der Waals surface area contributed by atoms with Crippen LogP contribution >= 0.6 is 11.3 Å². The van der Waals surface area contributed by atoms with E-state index < -0.39 is 5.97 Å². The first-order chi connectivity index (χ1) is 8.68. The molecule has 18 heavy (non-hydrogen) atoms. The summed E-state index contributed by atoms with van der Waals surface area (Å²) in [4.78, 5) is 23.8. The number of rotatable bonds is 4. The van der Waals surface area contributed by atoms with E-state index in [1.807, 2.05) is 4.57 Å². The molecule has 1 heterocycles. The molecule has 2 rings (SSSR count). The van der Waals surface area contributed by atoms with Gasteiger partial charge in [-0.2, -0.15) is 0 Å². The third-order valence-corrected chi connectivity index (χ3v) is 4.50. The highest BCUT2D eigenvalue weighted by molar-refractivity contribution is 7.09. The Morgan fingerprint density at radius 1 is 1.22 bits per heavy atom. The van der Waals surface area contributed by atoms with Gasteiger partial charge in [-0.3, -0.25) is 9.59 Å². The van der Waals surface area contributed by atoms with Crippen LogP contribution in [0, 0.1) is 0 Å². The lowest BCUT2D eigenvalue weighted by atomic mass is 10.0. The van der Waals surface area contributed by atoms with Gasteiger partial charge in [-0.05, 0) is 32.1 Å². The number of aliphatic carboxylic acids is 1. The first-order valence-corrected chi connectivity index (χ1v) is 7.43. The first kappa shape index (κ1) is 13.3. The topological polar surface area (TPSA) is 59.3 Å². The molecule has 0 fully saturated rings. The average Bonchev–Trinajstić information content (AvgIpc) is 2.55. The van der Waals surface area contributed by atoms with E-state index >= 15 is 0 Å². The summed E-state index contributed by atoms with van der Waals surface area (Å²) in [6, 6.07) is 0. The number of thiazole rings is 1. The van der Waals surface area contributed by atoms with Gasteiger partial charge >= 0.3 is 10.8 Å². The number of fused-ring (bicyclic) bond motifs is 1. The van der Waals surface area contributed by atoms with Crippen molar-refractivity contribution in [1.82, 2.24) is 4.57 Å². The van der Waals surface area contributed by atoms with Gasteiger partial charge < -0.3 is 9.67 Å². The minimum atomic E-state index is -0.791. The third kappa shape index (κ3) is 3.22. The number of aromatic nitrogens is 1. The Hall–Kier alpha value is -1.10. The van der Waals surface area contributed by atoms with Crippen LogP contribution in [-0.4, -0.2) is 15.6 Å². The molecule has 1 aromatic heterocycles. The van der Waals surface area contributed by atoms with Crippen molar-refractivity contribution in [2.24, 2.45) is 0 Å². The Kier molecular flexibility index (Phi) is 4.58. The van der Waals surface area contributed by atoms with E-state index in [9.17, 15) is 9.59 Å². The van der Waals surface area contributed by atoms with E-state index in [-0.39, 0.29) is 11.3 Å². The molecule has 0 saturated carbocycles. The quantitative estimate of drug-likeness (QED) is 0.913. The van der Waals surface area contributed by atoms with E-state index in [1.54, 1.807) is 0 Å². The second-order valence-corrected chi connectivity index (χ2v) is 5.85. The molecule has 0 aromatic carbocycles. The molecular weight excluding hydrogens is 250 g/mol. The Labute approximate surface area is 110 Å². The number of carbonyl (C=O) groups is 1. The zero-order valence-corrected chi connectivity index (χ0v) is 11.3. The predicted octanol–water partition coefficient (Wildman–Crippen LogP) is 2.43. The Morgan fingerprint density at radius 2 is 1.94 bits per heavy atom. The van der Waals surface area contributed by atoms with Crippen LogP contribution in [0.25, 0.3) is 0 Å². The van der Waals surface area contributed by atoms with Crippen LogP contribution in [0.1, 0.15) is 49.1 Å². The maximum atomic E-state index is 11.9. The minimum Gasteiger partial charge on any atom is -0.481 e. The van der Waals surface area contributed by atoms with Crippen LogP contribution in [0.2, 0.25) is 0 Å². The Bertz CT molecular complexity index is 475. The summed E-state index contributed by atoms with van der Waals surface area (Å²) in [5.74, 6) is -0.791. The second-order valence-electron chi connectivity index (χ2n) is 4.80. The zero-order valence-electron chi connectivity index (χ0n) is 10.5. The van der Waals surface area contributed by atoms with E-state index in [4.69, 9.17) is 5.11 Å². The van der Waals surface area contributed by atoms with E-state index in [2.05, 4.69) is 0 Å². The molecule has 0 atom stereocenters. The number of nitrogens with zero attached hydrogens (tertiary/aromatic N) is 1. The molecule has 0 spiro atoms. The second kappa shape index (κ2) is 6.18. The molecule has 0 radical (unpaired) electrons. The molecule has 1 N–H and O–H groups in total. The van der Waals surface area contributed by atoms with Crippen LogP contribution in [0.3, 0.4) is 0 Å². The lowest BCUT2D eigenvalue weighted by molar-refractivity contribution is -0.137. The summed E-state index contributed by atoms with van der Waals surface area (Å²) < 4.78 is 1.81. The molecule has 0 unspecified atom stereocenters. The molecular formula is C13H19NO3S. The van der Waals surface area contributed by atoms with Crippen molar-refractivity contribution < 1.29 is 9.90 Å². The van der Waals surface area contributed by atoms with Gasteiger partial charge in [0.05, 0.1) is 0 Å². The average molecular weight is 269 g/mol. The van der Waals surface area contributed by atoms with E-state index in [1.165, 1.54) is 41.2 Å². The molecule has 0 bridgehead atoms. The van der Waals surface area contributed by atoms with Gasteiger partial charge in [0.25, 0.3) is 0 Å². The van der Waals surface area contributed by atoms with Crippen LogP contribution in [-0.2, 0) is 24.2 Å². The maximum Gasteiger partial charge on any atom is 0.307 e. The van der Waals surface area contributed by atoms with E-state index in [0.29, 0.717) is 13.0 Å². The van der Waals surface area contributed by atoms with Gasteiger partial charge in [0.1, 0.15) is 0 Å². The van der Waals surface area contributed by atoms with Crippen LogP contribution in [0.5, 0.6) is 0 Å². The third-order valence-electron chi connectivity index (χ3n) is 3.42. The highest BCUT2D eigenvalue weighted by atomic mass is 32.1. The van der Waals surface area contributed by atoms with Gasteiger partial charge in [0.2, 0.25) is 0 Å². The first-order valence-electron chi connectivity index (χ1n) is 6.61. The monoisotopic (exact) mass is 269 g/mol. The van der Waals surface area contributed by atoms with Crippen LogP contribution in [0.15, 0.2) is 4.79 Å². The Morgan fingerprint density at radius 3 is 2.67 bits per heavy atom. The molecule has 100 valence electrons. The van der Waals surface area contributed by atoms with Gasteiger partial charge in [-0.15, -0.1) is 0 Å². The SMILES string of the molecule is O=C(O)CCCn1c2c(sc1=O)CCCCCC2. The van der Waals surface area contributed by atoms with Gasteiger partial charge in [0.15, 0.2) is 0 Å².